The number of aliphatic carboxylic acids is 1. The van der Waals surface area contributed by atoms with Gasteiger partial charge in [0.25, 0.3) is 0 Å². The molecule has 2 atom stereocenters. The van der Waals surface area contributed by atoms with Crippen LogP contribution in [-0.4, -0.2) is 37.4 Å². The lowest BCUT2D eigenvalue weighted by atomic mass is 10.0. The minimum Gasteiger partial charge on any atom is -0.480 e. The molecule has 2 N–H and O–H groups in total. The van der Waals surface area contributed by atoms with Crippen molar-refractivity contribution in [1.82, 2.24) is 5.32 Å². The Labute approximate surface area is 79.3 Å². The highest BCUT2D eigenvalue weighted by atomic mass is 16.5. The summed E-state index contributed by atoms with van der Waals surface area (Å²) in [6, 6.07) is -0.500. The standard InChI is InChI=1S/C9H19NO3/c1-4-5-10-8(9(11)12)7(2)6-13-3/h7-8,10H,4-6H2,1-3H3,(H,11,12). The van der Waals surface area contributed by atoms with Gasteiger partial charge in [0.05, 0.1) is 6.61 Å². The molecule has 0 heterocycles. The van der Waals surface area contributed by atoms with Crippen LogP contribution in [0.4, 0.5) is 0 Å². The molecule has 4 heteroatoms. The summed E-state index contributed by atoms with van der Waals surface area (Å²) < 4.78 is 4.91. The van der Waals surface area contributed by atoms with Crippen molar-refractivity contribution in [2.45, 2.75) is 26.3 Å². The third-order valence-electron chi connectivity index (χ3n) is 1.88. The molecule has 0 aromatic carbocycles. The van der Waals surface area contributed by atoms with Gasteiger partial charge in [0.1, 0.15) is 6.04 Å². The van der Waals surface area contributed by atoms with E-state index in [2.05, 4.69) is 5.32 Å². The van der Waals surface area contributed by atoms with Gasteiger partial charge >= 0.3 is 5.97 Å². The number of carbonyl (C=O) groups is 1. The van der Waals surface area contributed by atoms with Crippen LogP contribution in [0.1, 0.15) is 20.3 Å². The van der Waals surface area contributed by atoms with Gasteiger partial charge in [0, 0.05) is 13.0 Å². The summed E-state index contributed by atoms with van der Waals surface area (Å²) in [5, 5.41) is 11.9. The maximum atomic E-state index is 10.8. The number of methoxy groups -OCH3 is 1. The first-order valence-corrected chi connectivity index (χ1v) is 4.58. The maximum absolute atomic E-state index is 10.8. The average molecular weight is 189 g/mol. The highest BCUT2D eigenvalue weighted by Crippen LogP contribution is 2.03. The Bertz CT molecular complexity index is 150. The van der Waals surface area contributed by atoms with Gasteiger partial charge in [0.15, 0.2) is 0 Å². The van der Waals surface area contributed by atoms with Gasteiger partial charge < -0.3 is 15.2 Å². The summed E-state index contributed by atoms with van der Waals surface area (Å²) in [6.07, 6.45) is 0.934. The topological polar surface area (TPSA) is 58.6 Å². The minimum atomic E-state index is -0.807. The largest absolute Gasteiger partial charge is 0.480 e. The molecule has 0 saturated carbocycles. The van der Waals surface area contributed by atoms with Crippen LogP contribution in [0.25, 0.3) is 0 Å². The molecule has 0 bridgehead atoms. The van der Waals surface area contributed by atoms with E-state index in [4.69, 9.17) is 9.84 Å². The number of ether oxygens (including phenoxy) is 1. The molecule has 78 valence electrons. The van der Waals surface area contributed by atoms with Gasteiger partial charge in [-0.3, -0.25) is 4.79 Å². The van der Waals surface area contributed by atoms with E-state index in [-0.39, 0.29) is 5.92 Å². The third kappa shape index (κ3) is 4.85. The second-order valence-corrected chi connectivity index (χ2v) is 3.20. The van der Waals surface area contributed by atoms with E-state index in [1.807, 2.05) is 13.8 Å². The summed E-state index contributed by atoms with van der Waals surface area (Å²) >= 11 is 0. The van der Waals surface area contributed by atoms with Gasteiger partial charge in [0.2, 0.25) is 0 Å². The van der Waals surface area contributed by atoms with Crippen molar-refractivity contribution in [2.24, 2.45) is 5.92 Å². The molecule has 0 saturated heterocycles. The summed E-state index contributed by atoms with van der Waals surface area (Å²) in [5.41, 5.74) is 0. The van der Waals surface area contributed by atoms with Crippen molar-refractivity contribution in [3.8, 4) is 0 Å². The van der Waals surface area contributed by atoms with Crippen LogP contribution in [0.2, 0.25) is 0 Å². The Morgan fingerprint density at radius 2 is 2.23 bits per heavy atom. The summed E-state index contributed by atoms with van der Waals surface area (Å²) in [5.74, 6) is -0.813. The molecule has 0 aromatic rings. The normalized spacial score (nSPS) is 15.3. The van der Waals surface area contributed by atoms with Crippen molar-refractivity contribution in [2.75, 3.05) is 20.3 Å². The molecule has 0 aliphatic heterocycles. The minimum absolute atomic E-state index is 0.00551. The predicted octanol–water partition coefficient (Wildman–Crippen LogP) is 0.722. The van der Waals surface area contributed by atoms with E-state index >= 15 is 0 Å². The first-order valence-electron chi connectivity index (χ1n) is 4.58. The quantitative estimate of drug-likeness (QED) is 0.619. The lowest BCUT2D eigenvalue weighted by Crippen LogP contribution is -2.43. The number of rotatable bonds is 7. The molecule has 0 aliphatic rings. The first kappa shape index (κ1) is 12.4. The van der Waals surface area contributed by atoms with Crippen LogP contribution in [0.15, 0.2) is 0 Å². The molecular weight excluding hydrogens is 170 g/mol. The summed E-state index contributed by atoms with van der Waals surface area (Å²) in [4.78, 5) is 10.8. The van der Waals surface area contributed by atoms with Crippen LogP contribution in [0.3, 0.4) is 0 Å². The van der Waals surface area contributed by atoms with Crippen LogP contribution in [0.5, 0.6) is 0 Å². The van der Waals surface area contributed by atoms with Crippen LogP contribution in [-0.2, 0) is 9.53 Å². The van der Waals surface area contributed by atoms with Crippen molar-refractivity contribution < 1.29 is 14.6 Å². The third-order valence-corrected chi connectivity index (χ3v) is 1.88. The van der Waals surface area contributed by atoms with Gasteiger partial charge in [-0.2, -0.15) is 0 Å². The monoisotopic (exact) mass is 189 g/mol. The second-order valence-electron chi connectivity index (χ2n) is 3.20. The fraction of sp³-hybridized carbons (Fsp3) is 0.889. The second kappa shape index (κ2) is 6.86. The smallest absolute Gasteiger partial charge is 0.321 e. The zero-order valence-electron chi connectivity index (χ0n) is 8.54. The molecule has 0 rings (SSSR count). The Balaban J connectivity index is 3.99. The Morgan fingerprint density at radius 1 is 1.62 bits per heavy atom. The highest BCUT2D eigenvalue weighted by Gasteiger charge is 2.23. The predicted molar refractivity (Wildman–Crippen MR) is 50.8 cm³/mol. The molecular formula is C9H19NO3. The molecule has 0 radical (unpaired) electrons. The number of carboxylic acids is 1. The van der Waals surface area contributed by atoms with Gasteiger partial charge in [-0.05, 0) is 13.0 Å². The van der Waals surface area contributed by atoms with E-state index < -0.39 is 12.0 Å². The zero-order chi connectivity index (χ0) is 10.3. The van der Waals surface area contributed by atoms with E-state index in [0.29, 0.717) is 6.61 Å². The fourth-order valence-electron chi connectivity index (χ4n) is 1.19. The van der Waals surface area contributed by atoms with Gasteiger partial charge in [-0.1, -0.05) is 13.8 Å². The molecule has 0 spiro atoms. The fourth-order valence-corrected chi connectivity index (χ4v) is 1.19. The average Bonchev–Trinajstić information content (AvgIpc) is 2.05. The van der Waals surface area contributed by atoms with E-state index in [1.165, 1.54) is 0 Å². The number of hydrogen-bond acceptors (Lipinski definition) is 3. The van der Waals surface area contributed by atoms with Gasteiger partial charge in [-0.15, -0.1) is 0 Å². The number of hydrogen-bond donors (Lipinski definition) is 2. The maximum Gasteiger partial charge on any atom is 0.321 e. The van der Waals surface area contributed by atoms with E-state index in [1.54, 1.807) is 7.11 Å². The zero-order valence-corrected chi connectivity index (χ0v) is 8.54. The van der Waals surface area contributed by atoms with E-state index in [0.717, 1.165) is 13.0 Å². The number of carboxylic acid groups (broad SMARTS) is 1. The molecule has 2 unspecified atom stereocenters. The van der Waals surface area contributed by atoms with Crippen molar-refractivity contribution >= 4 is 5.97 Å². The van der Waals surface area contributed by atoms with Crippen LogP contribution < -0.4 is 5.32 Å². The molecule has 0 aliphatic carbocycles. The van der Waals surface area contributed by atoms with Crippen molar-refractivity contribution in [3.63, 3.8) is 0 Å². The van der Waals surface area contributed by atoms with E-state index in [9.17, 15) is 4.79 Å². The SMILES string of the molecule is CCCNC(C(=O)O)C(C)COC. The van der Waals surface area contributed by atoms with Crippen molar-refractivity contribution in [1.29, 1.82) is 0 Å². The molecule has 0 fully saturated rings. The lowest BCUT2D eigenvalue weighted by molar-refractivity contribution is -0.141. The molecule has 13 heavy (non-hydrogen) atoms. The summed E-state index contributed by atoms with van der Waals surface area (Å²) in [7, 11) is 1.58. The van der Waals surface area contributed by atoms with Crippen LogP contribution >= 0.6 is 0 Å². The Morgan fingerprint density at radius 3 is 2.62 bits per heavy atom. The molecule has 0 aromatic heterocycles. The lowest BCUT2D eigenvalue weighted by Gasteiger charge is -2.20. The molecule has 0 amide bonds. The number of nitrogens with one attached hydrogen (secondary N) is 1. The Hall–Kier alpha value is -0.610. The first-order chi connectivity index (χ1) is 6.13. The molecule has 4 nitrogen and oxygen atoms in total. The summed E-state index contributed by atoms with van der Waals surface area (Å²) in [6.45, 7) is 5.07. The van der Waals surface area contributed by atoms with Crippen molar-refractivity contribution in [3.05, 3.63) is 0 Å². The van der Waals surface area contributed by atoms with Crippen LogP contribution in [0, 0.1) is 5.92 Å². The highest BCUT2D eigenvalue weighted by molar-refractivity contribution is 5.73. The van der Waals surface area contributed by atoms with Gasteiger partial charge in [-0.25, -0.2) is 0 Å². The Kier molecular flexibility index (Phi) is 6.54.